The Morgan fingerprint density at radius 3 is 2.74 bits per heavy atom. The average Bonchev–Trinajstić information content (AvgIpc) is 2.85. The van der Waals surface area contributed by atoms with Gasteiger partial charge in [-0.1, -0.05) is 12.1 Å². The van der Waals surface area contributed by atoms with Crippen LogP contribution in [0, 0.1) is 5.82 Å². The lowest BCUT2D eigenvalue weighted by Gasteiger charge is -2.23. The molecule has 0 aliphatic heterocycles. The van der Waals surface area contributed by atoms with Crippen LogP contribution in [0.3, 0.4) is 0 Å². The van der Waals surface area contributed by atoms with Crippen molar-refractivity contribution in [3.05, 3.63) is 53.7 Å². The first-order chi connectivity index (χ1) is 9.26. The van der Waals surface area contributed by atoms with Crippen LogP contribution in [0.4, 0.5) is 10.1 Å². The summed E-state index contributed by atoms with van der Waals surface area (Å²) in [4.78, 5) is 2.00. The Kier molecular flexibility index (Phi) is 4.58. The van der Waals surface area contributed by atoms with E-state index in [-0.39, 0.29) is 5.82 Å². The standard InChI is InChI=1S/C15H19FN2O/c1-3-18(14-7-5-4-6-13(14)16)11-12-8-9-19-15(12)10-17-2/h4-9,17H,3,10-11H2,1-2H3. The molecular formula is C15H19FN2O. The summed E-state index contributed by atoms with van der Waals surface area (Å²) in [6, 6.07) is 8.79. The normalized spacial score (nSPS) is 10.7. The van der Waals surface area contributed by atoms with Gasteiger partial charge in [-0.25, -0.2) is 4.39 Å². The topological polar surface area (TPSA) is 28.4 Å². The van der Waals surface area contributed by atoms with Crippen molar-refractivity contribution in [2.45, 2.75) is 20.0 Å². The van der Waals surface area contributed by atoms with Gasteiger partial charge < -0.3 is 14.6 Å². The SMILES string of the molecule is CCN(Cc1ccoc1CNC)c1ccccc1F. The molecule has 2 rings (SSSR count). The smallest absolute Gasteiger partial charge is 0.146 e. The van der Waals surface area contributed by atoms with Gasteiger partial charge in [0.25, 0.3) is 0 Å². The van der Waals surface area contributed by atoms with Gasteiger partial charge in [-0.15, -0.1) is 0 Å². The van der Waals surface area contributed by atoms with Crippen LogP contribution in [0.25, 0.3) is 0 Å². The Labute approximate surface area is 113 Å². The van der Waals surface area contributed by atoms with E-state index in [1.54, 1.807) is 18.4 Å². The summed E-state index contributed by atoms with van der Waals surface area (Å²) in [6.07, 6.45) is 1.68. The lowest BCUT2D eigenvalue weighted by Crippen LogP contribution is -2.23. The third-order valence-corrected chi connectivity index (χ3v) is 3.11. The highest BCUT2D eigenvalue weighted by atomic mass is 19.1. The van der Waals surface area contributed by atoms with E-state index in [4.69, 9.17) is 4.42 Å². The van der Waals surface area contributed by atoms with Crippen molar-refractivity contribution in [2.75, 3.05) is 18.5 Å². The molecule has 0 unspecified atom stereocenters. The molecule has 0 aliphatic carbocycles. The van der Waals surface area contributed by atoms with Gasteiger partial charge in [-0.2, -0.15) is 0 Å². The quantitative estimate of drug-likeness (QED) is 0.866. The number of hydrogen-bond acceptors (Lipinski definition) is 3. The molecule has 0 amide bonds. The molecule has 4 heteroatoms. The maximum Gasteiger partial charge on any atom is 0.146 e. The molecule has 0 saturated heterocycles. The monoisotopic (exact) mass is 262 g/mol. The number of hydrogen-bond donors (Lipinski definition) is 1. The molecule has 0 aliphatic rings. The summed E-state index contributed by atoms with van der Waals surface area (Å²) in [7, 11) is 1.88. The molecule has 0 fully saturated rings. The highest BCUT2D eigenvalue weighted by Gasteiger charge is 2.13. The Hall–Kier alpha value is -1.81. The maximum atomic E-state index is 13.8. The summed E-state index contributed by atoms with van der Waals surface area (Å²) in [5.41, 5.74) is 1.71. The van der Waals surface area contributed by atoms with E-state index in [1.165, 1.54) is 6.07 Å². The molecule has 1 aromatic carbocycles. The molecule has 0 radical (unpaired) electrons. The number of halogens is 1. The zero-order valence-electron chi connectivity index (χ0n) is 11.3. The van der Waals surface area contributed by atoms with Crippen molar-refractivity contribution in [1.29, 1.82) is 0 Å². The van der Waals surface area contributed by atoms with Crippen molar-refractivity contribution in [2.24, 2.45) is 0 Å². The van der Waals surface area contributed by atoms with E-state index >= 15 is 0 Å². The maximum absolute atomic E-state index is 13.8. The fourth-order valence-electron chi connectivity index (χ4n) is 2.10. The number of anilines is 1. The van der Waals surface area contributed by atoms with Gasteiger partial charge in [0.2, 0.25) is 0 Å². The lowest BCUT2D eigenvalue weighted by molar-refractivity contribution is 0.489. The summed E-state index contributed by atoms with van der Waals surface area (Å²) in [5.74, 6) is 0.709. The fraction of sp³-hybridized carbons (Fsp3) is 0.333. The highest BCUT2D eigenvalue weighted by molar-refractivity contribution is 5.48. The summed E-state index contributed by atoms with van der Waals surface area (Å²) < 4.78 is 19.3. The molecule has 19 heavy (non-hydrogen) atoms. The zero-order chi connectivity index (χ0) is 13.7. The number of nitrogens with zero attached hydrogens (tertiary/aromatic N) is 1. The molecule has 3 nitrogen and oxygen atoms in total. The van der Waals surface area contributed by atoms with Crippen LogP contribution in [-0.4, -0.2) is 13.6 Å². The van der Waals surface area contributed by atoms with Gasteiger partial charge in [0, 0.05) is 18.7 Å². The van der Waals surface area contributed by atoms with E-state index in [2.05, 4.69) is 5.32 Å². The van der Waals surface area contributed by atoms with Gasteiger partial charge in [0.05, 0.1) is 18.5 Å². The molecular weight excluding hydrogens is 243 g/mol. The second kappa shape index (κ2) is 6.38. The Bertz CT molecular complexity index is 524. The molecule has 2 aromatic rings. The number of para-hydroxylation sites is 1. The van der Waals surface area contributed by atoms with Gasteiger partial charge in [0.1, 0.15) is 11.6 Å². The van der Waals surface area contributed by atoms with E-state index in [9.17, 15) is 4.39 Å². The minimum atomic E-state index is -0.192. The first-order valence-corrected chi connectivity index (χ1v) is 6.45. The third kappa shape index (κ3) is 3.15. The fourth-order valence-corrected chi connectivity index (χ4v) is 2.10. The molecule has 0 atom stereocenters. The summed E-state index contributed by atoms with van der Waals surface area (Å²) in [5, 5.41) is 3.07. The molecule has 1 heterocycles. The predicted molar refractivity (Wildman–Crippen MR) is 74.6 cm³/mol. The summed E-state index contributed by atoms with van der Waals surface area (Å²) in [6.45, 7) is 4.08. The molecule has 0 spiro atoms. The summed E-state index contributed by atoms with van der Waals surface area (Å²) >= 11 is 0. The second-order valence-corrected chi connectivity index (χ2v) is 4.36. The Balaban J connectivity index is 2.19. The predicted octanol–water partition coefficient (Wildman–Crippen LogP) is 3.16. The van der Waals surface area contributed by atoms with Crippen molar-refractivity contribution >= 4 is 5.69 Å². The second-order valence-electron chi connectivity index (χ2n) is 4.36. The number of furan rings is 1. The van der Waals surface area contributed by atoms with Crippen LogP contribution < -0.4 is 10.2 Å². The lowest BCUT2D eigenvalue weighted by atomic mass is 10.2. The number of nitrogens with one attached hydrogen (secondary N) is 1. The molecule has 102 valence electrons. The van der Waals surface area contributed by atoms with Gasteiger partial charge in [-0.3, -0.25) is 0 Å². The molecule has 0 saturated carbocycles. The van der Waals surface area contributed by atoms with E-state index in [0.717, 1.165) is 17.9 Å². The first-order valence-electron chi connectivity index (χ1n) is 6.45. The van der Waals surface area contributed by atoms with Crippen LogP contribution in [0.1, 0.15) is 18.2 Å². The number of benzene rings is 1. The van der Waals surface area contributed by atoms with E-state index in [1.807, 2.05) is 31.0 Å². The number of rotatable bonds is 6. The Morgan fingerprint density at radius 2 is 2.05 bits per heavy atom. The van der Waals surface area contributed by atoms with Crippen molar-refractivity contribution in [3.63, 3.8) is 0 Å². The minimum absolute atomic E-state index is 0.192. The minimum Gasteiger partial charge on any atom is -0.468 e. The van der Waals surface area contributed by atoms with Gasteiger partial charge >= 0.3 is 0 Å². The van der Waals surface area contributed by atoms with E-state index < -0.39 is 0 Å². The van der Waals surface area contributed by atoms with E-state index in [0.29, 0.717) is 18.8 Å². The molecule has 1 aromatic heterocycles. The molecule has 1 N–H and O–H groups in total. The largest absolute Gasteiger partial charge is 0.468 e. The Morgan fingerprint density at radius 1 is 1.26 bits per heavy atom. The first kappa shape index (κ1) is 13.6. The van der Waals surface area contributed by atoms with Gasteiger partial charge in [0.15, 0.2) is 0 Å². The zero-order valence-corrected chi connectivity index (χ0v) is 11.3. The van der Waals surface area contributed by atoms with Crippen LogP contribution >= 0.6 is 0 Å². The van der Waals surface area contributed by atoms with Crippen molar-refractivity contribution in [1.82, 2.24) is 5.32 Å². The van der Waals surface area contributed by atoms with Crippen LogP contribution in [0.15, 0.2) is 41.0 Å². The van der Waals surface area contributed by atoms with Crippen LogP contribution in [0.5, 0.6) is 0 Å². The van der Waals surface area contributed by atoms with Crippen molar-refractivity contribution < 1.29 is 8.81 Å². The van der Waals surface area contributed by atoms with Crippen LogP contribution in [-0.2, 0) is 13.1 Å². The highest BCUT2D eigenvalue weighted by Crippen LogP contribution is 2.22. The van der Waals surface area contributed by atoms with Crippen molar-refractivity contribution in [3.8, 4) is 0 Å². The van der Waals surface area contributed by atoms with Gasteiger partial charge in [-0.05, 0) is 32.2 Å². The third-order valence-electron chi connectivity index (χ3n) is 3.11. The average molecular weight is 262 g/mol. The molecule has 0 bridgehead atoms. The van der Waals surface area contributed by atoms with Crippen LogP contribution in [0.2, 0.25) is 0 Å².